The van der Waals surface area contributed by atoms with Crippen LogP contribution in [0.3, 0.4) is 0 Å². The molecule has 0 bridgehead atoms. The minimum Gasteiger partial charge on any atom is -0.490 e. The summed E-state index contributed by atoms with van der Waals surface area (Å²) in [5, 5.41) is 3.77. The topological polar surface area (TPSA) is 30.5 Å². The van der Waals surface area contributed by atoms with Gasteiger partial charge >= 0.3 is 0 Å². The third-order valence-corrected chi connectivity index (χ3v) is 5.74. The lowest BCUT2D eigenvalue weighted by Crippen LogP contribution is -2.05. The van der Waals surface area contributed by atoms with Crippen molar-refractivity contribution in [2.24, 2.45) is 0 Å². The zero-order valence-electron chi connectivity index (χ0n) is 17.2. The molecule has 3 aromatic carbocycles. The molecule has 0 radical (unpaired) electrons. The summed E-state index contributed by atoms with van der Waals surface area (Å²) in [5.74, 6) is 0.716. The van der Waals surface area contributed by atoms with E-state index < -0.39 is 5.82 Å². The smallest absolute Gasteiger partial charge is 0.175 e. The van der Waals surface area contributed by atoms with Crippen LogP contribution in [0.15, 0.2) is 53.0 Å². The Kier molecular flexibility index (Phi) is 7.62. The van der Waals surface area contributed by atoms with E-state index in [1.165, 1.54) is 17.2 Å². The van der Waals surface area contributed by atoms with Crippen LogP contribution in [0.5, 0.6) is 11.5 Å². The minimum absolute atomic E-state index is 0.00439. The fourth-order valence-electron chi connectivity index (χ4n) is 3.00. The highest BCUT2D eigenvalue weighted by Crippen LogP contribution is 2.38. The third-order valence-electron chi connectivity index (χ3n) is 4.80. The monoisotopic (exact) mass is 491 g/mol. The standard InChI is InChI=1S/C24H24BrClFNO2/c1-4-29-23-12-17(13-28-18-9-8-15(2)16(3)10-18)11-20(25)24(23)30-14-19-21(26)6-5-7-22(19)27/h5-12,28H,4,13-14H2,1-3H3. The molecule has 158 valence electrons. The van der Waals surface area contributed by atoms with Crippen molar-refractivity contribution in [3.63, 3.8) is 0 Å². The molecule has 0 heterocycles. The summed E-state index contributed by atoms with van der Waals surface area (Å²) in [6.45, 7) is 7.21. The molecule has 0 saturated heterocycles. The van der Waals surface area contributed by atoms with Crippen LogP contribution < -0.4 is 14.8 Å². The molecule has 0 unspecified atom stereocenters. The van der Waals surface area contributed by atoms with Crippen LogP contribution in [0.4, 0.5) is 10.1 Å². The first-order chi connectivity index (χ1) is 14.4. The average molecular weight is 493 g/mol. The van der Waals surface area contributed by atoms with Gasteiger partial charge in [-0.3, -0.25) is 0 Å². The molecule has 3 rings (SSSR count). The van der Waals surface area contributed by atoms with E-state index >= 15 is 0 Å². The third kappa shape index (κ3) is 5.46. The van der Waals surface area contributed by atoms with E-state index in [1.807, 2.05) is 19.1 Å². The van der Waals surface area contributed by atoms with Crippen LogP contribution in [0.2, 0.25) is 5.02 Å². The Balaban J connectivity index is 1.78. The van der Waals surface area contributed by atoms with Crippen LogP contribution in [0.25, 0.3) is 0 Å². The fourth-order valence-corrected chi connectivity index (χ4v) is 3.82. The molecule has 0 spiro atoms. The predicted octanol–water partition coefficient (Wildman–Crippen LogP) is 7.45. The Morgan fingerprint density at radius 2 is 1.83 bits per heavy atom. The Hall–Kier alpha value is -2.24. The maximum absolute atomic E-state index is 14.1. The number of anilines is 1. The summed E-state index contributed by atoms with van der Waals surface area (Å²) in [5.41, 5.74) is 4.90. The number of hydrogen-bond donors (Lipinski definition) is 1. The molecule has 3 nitrogen and oxygen atoms in total. The highest BCUT2D eigenvalue weighted by Gasteiger charge is 2.15. The summed E-state index contributed by atoms with van der Waals surface area (Å²) in [6.07, 6.45) is 0. The first-order valence-corrected chi connectivity index (χ1v) is 10.9. The number of halogens is 3. The molecule has 6 heteroatoms. The van der Waals surface area contributed by atoms with E-state index in [1.54, 1.807) is 12.1 Å². The molecule has 30 heavy (non-hydrogen) atoms. The number of rotatable bonds is 8. The quantitative estimate of drug-likeness (QED) is 0.354. The van der Waals surface area contributed by atoms with E-state index in [-0.39, 0.29) is 6.61 Å². The van der Waals surface area contributed by atoms with Crippen molar-refractivity contribution in [1.82, 2.24) is 0 Å². The van der Waals surface area contributed by atoms with Gasteiger partial charge in [-0.25, -0.2) is 4.39 Å². The van der Waals surface area contributed by atoms with Gasteiger partial charge in [-0.2, -0.15) is 0 Å². The van der Waals surface area contributed by atoms with E-state index in [0.717, 1.165) is 15.7 Å². The molecular weight excluding hydrogens is 469 g/mol. The second-order valence-corrected chi connectivity index (χ2v) is 8.24. The van der Waals surface area contributed by atoms with E-state index in [4.69, 9.17) is 21.1 Å². The second-order valence-electron chi connectivity index (χ2n) is 6.98. The summed E-state index contributed by atoms with van der Waals surface area (Å²) in [6, 6.07) is 14.8. The van der Waals surface area contributed by atoms with Crippen LogP contribution in [-0.4, -0.2) is 6.61 Å². The van der Waals surface area contributed by atoms with Crippen molar-refractivity contribution in [2.45, 2.75) is 33.9 Å². The molecule has 0 atom stereocenters. The number of benzene rings is 3. The Bertz CT molecular complexity index is 1020. The predicted molar refractivity (Wildman–Crippen MR) is 124 cm³/mol. The maximum Gasteiger partial charge on any atom is 0.175 e. The van der Waals surface area contributed by atoms with Crippen molar-refractivity contribution in [3.8, 4) is 11.5 Å². The SMILES string of the molecule is CCOc1cc(CNc2ccc(C)c(C)c2)cc(Br)c1OCc1c(F)cccc1Cl. The lowest BCUT2D eigenvalue weighted by Gasteiger charge is -2.17. The van der Waals surface area contributed by atoms with Crippen LogP contribution in [0, 0.1) is 19.7 Å². The molecule has 0 saturated carbocycles. The summed E-state index contributed by atoms with van der Waals surface area (Å²) in [7, 11) is 0. The maximum atomic E-state index is 14.1. The van der Waals surface area contributed by atoms with Gasteiger partial charge in [0.25, 0.3) is 0 Å². The van der Waals surface area contributed by atoms with Gasteiger partial charge < -0.3 is 14.8 Å². The van der Waals surface area contributed by atoms with Gasteiger partial charge in [0.15, 0.2) is 11.5 Å². The normalized spacial score (nSPS) is 10.7. The molecule has 1 N–H and O–H groups in total. The number of nitrogens with one attached hydrogen (secondary N) is 1. The first-order valence-electron chi connectivity index (χ1n) is 9.71. The van der Waals surface area contributed by atoms with E-state index in [0.29, 0.717) is 35.2 Å². The van der Waals surface area contributed by atoms with E-state index in [9.17, 15) is 4.39 Å². The van der Waals surface area contributed by atoms with Crippen molar-refractivity contribution in [1.29, 1.82) is 0 Å². The Morgan fingerprint density at radius 1 is 1.03 bits per heavy atom. The van der Waals surface area contributed by atoms with Crippen LogP contribution in [-0.2, 0) is 13.2 Å². The first kappa shape index (κ1) is 22.4. The van der Waals surface area contributed by atoms with Crippen LogP contribution >= 0.6 is 27.5 Å². The van der Waals surface area contributed by atoms with Gasteiger partial charge in [0.2, 0.25) is 0 Å². The van der Waals surface area contributed by atoms with Crippen molar-refractivity contribution >= 4 is 33.2 Å². The van der Waals surface area contributed by atoms with E-state index in [2.05, 4.69) is 53.3 Å². The second kappa shape index (κ2) is 10.2. The lowest BCUT2D eigenvalue weighted by molar-refractivity contribution is 0.264. The zero-order valence-corrected chi connectivity index (χ0v) is 19.5. The summed E-state index contributed by atoms with van der Waals surface area (Å²) >= 11 is 9.68. The van der Waals surface area contributed by atoms with Crippen molar-refractivity contribution < 1.29 is 13.9 Å². The number of hydrogen-bond acceptors (Lipinski definition) is 3. The molecule has 0 fully saturated rings. The number of aryl methyl sites for hydroxylation is 2. The molecule has 0 aliphatic rings. The molecule has 0 aliphatic heterocycles. The molecule has 0 aromatic heterocycles. The molecular formula is C24H24BrClFNO2. The van der Waals surface area contributed by atoms with Crippen molar-refractivity contribution in [3.05, 3.63) is 86.1 Å². The van der Waals surface area contributed by atoms with Gasteiger partial charge in [0, 0.05) is 17.8 Å². The molecule has 0 amide bonds. The highest BCUT2D eigenvalue weighted by atomic mass is 79.9. The zero-order chi connectivity index (χ0) is 21.7. The van der Waals surface area contributed by atoms with Gasteiger partial charge in [0.1, 0.15) is 12.4 Å². The lowest BCUT2D eigenvalue weighted by atomic mass is 10.1. The fraction of sp³-hybridized carbons (Fsp3) is 0.250. The van der Waals surface area contributed by atoms with Gasteiger partial charge in [-0.15, -0.1) is 0 Å². The van der Waals surface area contributed by atoms with Gasteiger partial charge in [-0.05, 0) is 89.8 Å². The Labute approximate surface area is 190 Å². The molecule has 3 aromatic rings. The molecule has 0 aliphatic carbocycles. The highest BCUT2D eigenvalue weighted by molar-refractivity contribution is 9.10. The Morgan fingerprint density at radius 3 is 2.53 bits per heavy atom. The number of ether oxygens (including phenoxy) is 2. The minimum atomic E-state index is -0.397. The van der Waals surface area contributed by atoms with Gasteiger partial charge in [-0.1, -0.05) is 23.7 Å². The average Bonchev–Trinajstić information content (AvgIpc) is 2.70. The van der Waals surface area contributed by atoms with Gasteiger partial charge in [0.05, 0.1) is 16.1 Å². The van der Waals surface area contributed by atoms with Crippen LogP contribution in [0.1, 0.15) is 29.2 Å². The summed E-state index contributed by atoms with van der Waals surface area (Å²) < 4.78 is 26.5. The largest absolute Gasteiger partial charge is 0.490 e. The summed E-state index contributed by atoms with van der Waals surface area (Å²) in [4.78, 5) is 0. The van der Waals surface area contributed by atoms with Crippen molar-refractivity contribution in [2.75, 3.05) is 11.9 Å².